The number of rotatable bonds is 3. The Bertz CT molecular complexity index is 1000. The number of nitrogens with two attached hydrogens (primary N) is 1. The molecule has 0 amide bonds. The van der Waals surface area contributed by atoms with Crippen molar-refractivity contribution in [3.8, 4) is 11.3 Å². The van der Waals surface area contributed by atoms with E-state index in [9.17, 15) is 4.79 Å². The quantitative estimate of drug-likeness (QED) is 0.421. The van der Waals surface area contributed by atoms with E-state index in [0.717, 1.165) is 28.0 Å². The molecule has 1 heterocycles. The zero-order valence-electron chi connectivity index (χ0n) is 16.4. The molecule has 0 radical (unpaired) electrons. The fourth-order valence-corrected chi connectivity index (χ4v) is 4.40. The van der Waals surface area contributed by atoms with Crippen LogP contribution in [-0.2, 0) is 4.74 Å². The molecule has 1 saturated carbocycles. The van der Waals surface area contributed by atoms with Crippen molar-refractivity contribution < 1.29 is 9.53 Å². The van der Waals surface area contributed by atoms with E-state index < -0.39 is 0 Å². The molecule has 3 N–H and O–H groups in total. The van der Waals surface area contributed by atoms with Crippen molar-refractivity contribution in [2.75, 3.05) is 12.8 Å². The molecule has 1 fully saturated rings. The third kappa shape index (κ3) is 3.61. The van der Waals surface area contributed by atoms with Gasteiger partial charge in [0.05, 0.1) is 18.4 Å². The van der Waals surface area contributed by atoms with Crippen LogP contribution >= 0.6 is 12.4 Å². The highest BCUT2D eigenvalue weighted by Crippen LogP contribution is 2.43. The van der Waals surface area contributed by atoms with Crippen LogP contribution in [0.2, 0.25) is 0 Å². The van der Waals surface area contributed by atoms with Gasteiger partial charge in [0.2, 0.25) is 0 Å². The summed E-state index contributed by atoms with van der Waals surface area (Å²) in [6.45, 7) is 2.05. The van der Waals surface area contributed by atoms with Crippen molar-refractivity contribution in [3.63, 3.8) is 0 Å². The molecule has 148 valence electrons. The summed E-state index contributed by atoms with van der Waals surface area (Å²) in [6.07, 6.45) is 6.24. The van der Waals surface area contributed by atoms with Crippen molar-refractivity contribution in [1.29, 1.82) is 0 Å². The van der Waals surface area contributed by atoms with E-state index in [0.29, 0.717) is 11.5 Å². The molecule has 1 aromatic heterocycles. The highest BCUT2D eigenvalue weighted by Gasteiger charge is 2.25. The van der Waals surface area contributed by atoms with Crippen LogP contribution in [0.25, 0.3) is 22.2 Å². The molecule has 3 aromatic rings. The Kier molecular flexibility index (Phi) is 5.99. The van der Waals surface area contributed by atoms with E-state index in [-0.39, 0.29) is 18.4 Å². The summed E-state index contributed by atoms with van der Waals surface area (Å²) in [5, 5.41) is 1.18. The van der Waals surface area contributed by atoms with Gasteiger partial charge in [0, 0.05) is 22.2 Å². The minimum Gasteiger partial charge on any atom is -0.465 e. The predicted octanol–water partition coefficient (Wildman–Crippen LogP) is 5.98. The number of H-pyrrole nitrogens is 1. The van der Waals surface area contributed by atoms with Gasteiger partial charge >= 0.3 is 5.97 Å². The van der Waals surface area contributed by atoms with Crippen LogP contribution in [-0.4, -0.2) is 18.1 Å². The summed E-state index contributed by atoms with van der Waals surface area (Å²) >= 11 is 0. The molecular weight excluding hydrogens is 372 g/mol. The molecular formula is C23H27ClN2O2. The van der Waals surface area contributed by atoms with Crippen LogP contribution in [0.3, 0.4) is 0 Å². The average Bonchev–Trinajstić information content (AvgIpc) is 3.06. The summed E-state index contributed by atoms with van der Waals surface area (Å²) in [4.78, 5) is 15.5. The van der Waals surface area contributed by atoms with Crippen LogP contribution in [0.15, 0.2) is 36.4 Å². The number of ether oxygens (including phenoxy) is 1. The molecule has 0 saturated heterocycles. The van der Waals surface area contributed by atoms with Gasteiger partial charge in [-0.1, -0.05) is 37.5 Å². The number of aromatic amines is 1. The molecule has 4 rings (SSSR count). The minimum absolute atomic E-state index is 0. The van der Waals surface area contributed by atoms with Crippen LogP contribution in [0, 0.1) is 6.92 Å². The Morgan fingerprint density at radius 3 is 2.54 bits per heavy atom. The number of benzene rings is 2. The lowest BCUT2D eigenvalue weighted by molar-refractivity contribution is 0.0601. The van der Waals surface area contributed by atoms with Gasteiger partial charge in [0.25, 0.3) is 0 Å². The SMILES string of the molecule is COC(=O)c1ccc2c(C3CCCCC3)c(-c3ccc(C)cc3N)[nH]c2c1.Cl. The van der Waals surface area contributed by atoms with Gasteiger partial charge in [-0.25, -0.2) is 4.79 Å². The molecule has 0 spiro atoms. The van der Waals surface area contributed by atoms with Gasteiger partial charge in [0.15, 0.2) is 0 Å². The summed E-state index contributed by atoms with van der Waals surface area (Å²) in [5.74, 6) is 0.203. The first-order valence-electron chi connectivity index (χ1n) is 9.69. The molecule has 28 heavy (non-hydrogen) atoms. The Morgan fingerprint density at radius 1 is 1.11 bits per heavy atom. The number of halogens is 1. The maximum atomic E-state index is 12.0. The third-order valence-electron chi connectivity index (χ3n) is 5.75. The fraction of sp³-hybridized carbons (Fsp3) is 0.348. The number of nitrogens with one attached hydrogen (secondary N) is 1. The van der Waals surface area contributed by atoms with Crippen LogP contribution in [0.4, 0.5) is 5.69 Å². The second-order valence-corrected chi connectivity index (χ2v) is 7.59. The molecule has 4 nitrogen and oxygen atoms in total. The number of carbonyl (C=O) groups excluding carboxylic acids is 1. The topological polar surface area (TPSA) is 68.1 Å². The smallest absolute Gasteiger partial charge is 0.337 e. The van der Waals surface area contributed by atoms with E-state index in [1.807, 2.05) is 18.2 Å². The maximum absolute atomic E-state index is 12.0. The lowest BCUT2D eigenvalue weighted by atomic mass is 9.81. The Hall–Kier alpha value is -2.46. The Labute approximate surface area is 171 Å². The number of aryl methyl sites for hydroxylation is 1. The number of methoxy groups -OCH3 is 1. The van der Waals surface area contributed by atoms with Crippen molar-refractivity contribution in [1.82, 2.24) is 4.98 Å². The average molecular weight is 399 g/mol. The largest absolute Gasteiger partial charge is 0.465 e. The third-order valence-corrected chi connectivity index (χ3v) is 5.75. The van der Waals surface area contributed by atoms with Gasteiger partial charge in [-0.05, 0) is 55.0 Å². The van der Waals surface area contributed by atoms with Crippen LogP contribution in [0.5, 0.6) is 0 Å². The number of carbonyl (C=O) groups is 1. The number of hydrogen-bond acceptors (Lipinski definition) is 3. The molecule has 0 unspecified atom stereocenters. The van der Waals surface area contributed by atoms with Crippen molar-refractivity contribution in [3.05, 3.63) is 53.1 Å². The monoisotopic (exact) mass is 398 g/mol. The maximum Gasteiger partial charge on any atom is 0.337 e. The lowest BCUT2D eigenvalue weighted by Crippen LogP contribution is -2.06. The summed E-state index contributed by atoms with van der Waals surface area (Å²) in [6, 6.07) is 12.0. The van der Waals surface area contributed by atoms with Crippen molar-refractivity contribution >= 4 is 35.0 Å². The van der Waals surface area contributed by atoms with Crippen LogP contribution < -0.4 is 5.73 Å². The first kappa shape index (κ1) is 20.3. The minimum atomic E-state index is -0.317. The summed E-state index contributed by atoms with van der Waals surface area (Å²) in [5.41, 5.74) is 13.3. The lowest BCUT2D eigenvalue weighted by Gasteiger charge is -2.23. The number of hydrogen-bond donors (Lipinski definition) is 2. The Morgan fingerprint density at radius 2 is 1.86 bits per heavy atom. The van der Waals surface area contributed by atoms with Gasteiger partial charge in [-0.2, -0.15) is 0 Å². The van der Waals surface area contributed by atoms with E-state index >= 15 is 0 Å². The number of esters is 1. The first-order chi connectivity index (χ1) is 13.1. The standard InChI is InChI=1S/C23H26N2O2.ClH/c1-14-8-10-17(19(24)12-14)22-21(15-6-4-3-5-7-15)18-11-9-16(23(26)27-2)13-20(18)25-22;/h8-13,15,25H,3-7,24H2,1-2H3;1H. The van der Waals surface area contributed by atoms with Gasteiger partial charge in [-0.3, -0.25) is 0 Å². The first-order valence-corrected chi connectivity index (χ1v) is 9.69. The van der Waals surface area contributed by atoms with E-state index in [1.165, 1.54) is 50.2 Å². The predicted molar refractivity (Wildman–Crippen MR) is 117 cm³/mol. The molecule has 5 heteroatoms. The van der Waals surface area contributed by atoms with Gasteiger partial charge in [0.1, 0.15) is 0 Å². The number of fused-ring (bicyclic) bond motifs is 1. The summed E-state index contributed by atoms with van der Waals surface area (Å²) < 4.78 is 4.88. The van der Waals surface area contributed by atoms with Crippen LogP contribution in [0.1, 0.15) is 59.5 Å². The number of anilines is 1. The zero-order chi connectivity index (χ0) is 19.0. The van der Waals surface area contributed by atoms with Crippen molar-refractivity contribution in [2.24, 2.45) is 0 Å². The fourth-order valence-electron chi connectivity index (χ4n) is 4.40. The molecule has 0 aliphatic heterocycles. The number of nitrogen functional groups attached to an aromatic ring is 1. The summed E-state index contributed by atoms with van der Waals surface area (Å²) in [7, 11) is 1.41. The second kappa shape index (κ2) is 8.27. The van der Waals surface area contributed by atoms with Gasteiger partial charge in [-0.15, -0.1) is 12.4 Å². The van der Waals surface area contributed by atoms with E-state index in [4.69, 9.17) is 10.5 Å². The Balaban J connectivity index is 0.00000225. The van der Waals surface area contributed by atoms with E-state index in [1.54, 1.807) is 0 Å². The van der Waals surface area contributed by atoms with E-state index in [2.05, 4.69) is 30.1 Å². The molecule has 0 bridgehead atoms. The molecule has 0 atom stereocenters. The number of aromatic nitrogens is 1. The highest BCUT2D eigenvalue weighted by atomic mass is 35.5. The van der Waals surface area contributed by atoms with Crippen molar-refractivity contribution in [2.45, 2.75) is 44.9 Å². The molecule has 2 aromatic carbocycles. The molecule has 1 aliphatic rings. The second-order valence-electron chi connectivity index (χ2n) is 7.59. The van der Waals surface area contributed by atoms with Gasteiger partial charge < -0.3 is 15.5 Å². The molecule has 1 aliphatic carbocycles. The highest BCUT2D eigenvalue weighted by molar-refractivity contribution is 5.99. The normalized spacial score (nSPS) is 14.6. The zero-order valence-corrected chi connectivity index (χ0v) is 17.2.